The second kappa shape index (κ2) is 7.06. The van der Waals surface area contributed by atoms with Gasteiger partial charge in [0.05, 0.1) is 6.10 Å². The predicted octanol–water partition coefficient (Wildman–Crippen LogP) is 2.68. The molecule has 2 atom stereocenters. The number of nitrogens with one attached hydrogen (secondary N) is 2. The van der Waals surface area contributed by atoms with Gasteiger partial charge in [-0.1, -0.05) is 12.8 Å². The van der Waals surface area contributed by atoms with Crippen molar-refractivity contribution >= 4 is 18.1 Å². The van der Waals surface area contributed by atoms with Gasteiger partial charge in [-0.05, 0) is 49.3 Å². The van der Waals surface area contributed by atoms with Crippen molar-refractivity contribution in [3.63, 3.8) is 0 Å². The van der Waals surface area contributed by atoms with E-state index in [1.807, 2.05) is 0 Å². The van der Waals surface area contributed by atoms with Crippen LogP contribution in [0.2, 0.25) is 0 Å². The normalized spacial score (nSPS) is 21.1. The number of H-pyrrole nitrogens is 1. The van der Waals surface area contributed by atoms with Gasteiger partial charge < -0.3 is 14.8 Å². The zero-order valence-corrected chi connectivity index (χ0v) is 13.4. The van der Waals surface area contributed by atoms with Crippen LogP contribution >= 0.6 is 12.2 Å². The molecule has 3 rings (SSSR count). The molecule has 1 saturated carbocycles. The van der Waals surface area contributed by atoms with Crippen LogP contribution in [-0.2, 0) is 0 Å². The third kappa shape index (κ3) is 3.86. The van der Waals surface area contributed by atoms with E-state index in [4.69, 9.17) is 16.6 Å². The highest BCUT2D eigenvalue weighted by Crippen LogP contribution is 2.23. The molecular formula is C16H19N3O3S. The Labute approximate surface area is 138 Å². The fourth-order valence-corrected chi connectivity index (χ4v) is 2.99. The summed E-state index contributed by atoms with van der Waals surface area (Å²) >= 11 is 4.84. The molecule has 6 nitrogen and oxygen atoms in total. The highest BCUT2D eigenvalue weighted by Gasteiger charge is 2.23. The largest absolute Gasteiger partial charge is 0.409 e. The maximum Gasteiger partial charge on any atom is 0.284 e. The van der Waals surface area contributed by atoms with Gasteiger partial charge in [0, 0.05) is 23.6 Å². The number of aliphatic hydroxyl groups excluding tert-OH is 1. The van der Waals surface area contributed by atoms with E-state index < -0.39 is 0 Å². The molecule has 3 N–H and O–H groups in total. The molecule has 1 amide bonds. The summed E-state index contributed by atoms with van der Waals surface area (Å²) in [7, 11) is 0. The Morgan fingerprint density at radius 1 is 1.35 bits per heavy atom. The SMILES string of the molecule is O=C(NC[C@@H]1CCCC[C@@H]1O)c1ccc(-c2n[nH]c(=S)o2)cc1. The van der Waals surface area contributed by atoms with Gasteiger partial charge in [-0.15, -0.1) is 5.10 Å². The molecule has 0 bridgehead atoms. The van der Waals surface area contributed by atoms with Crippen LogP contribution in [0.3, 0.4) is 0 Å². The molecule has 122 valence electrons. The van der Waals surface area contributed by atoms with E-state index >= 15 is 0 Å². The van der Waals surface area contributed by atoms with Gasteiger partial charge in [0.2, 0.25) is 5.89 Å². The van der Waals surface area contributed by atoms with Crippen LogP contribution in [0, 0.1) is 10.8 Å². The minimum atomic E-state index is -0.305. The molecule has 2 aromatic rings. The fourth-order valence-electron chi connectivity index (χ4n) is 2.87. The number of hydrogen-bond donors (Lipinski definition) is 3. The van der Waals surface area contributed by atoms with Crippen LogP contribution in [0.15, 0.2) is 28.7 Å². The molecule has 7 heteroatoms. The maximum atomic E-state index is 12.2. The lowest BCUT2D eigenvalue weighted by Crippen LogP contribution is -2.36. The average molecular weight is 333 g/mol. The number of carbonyl (C=O) groups excluding carboxylic acids is 1. The number of rotatable bonds is 4. The average Bonchev–Trinajstić information content (AvgIpc) is 3.00. The molecule has 1 aliphatic carbocycles. The van der Waals surface area contributed by atoms with Crippen molar-refractivity contribution in [3.05, 3.63) is 34.7 Å². The van der Waals surface area contributed by atoms with E-state index in [0.717, 1.165) is 31.2 Å². The number of benzene rings is 1. The summed E-state index contributed by atoms with van der Waals surface area (Å²) in [5.41, 5.74) is 1.31. The van der Waals surface area contributed by atoms with Gasteiger partial charge in [0.25, 0.3) is 10.7 Å². The molecule has 0 spiro atoms. The summed E-state index contributed by atoms with van der Waals surface area (Å²) in [5.74, 6) is 0.407. The first-order valence-electron chi connectivity index (χ1n) is 7.75. The molecular weight excluding hydrogens is 314 g/mol. The van der Waals surface area contributed by atoms with Crippen LogP contribution in [0.1, 0.15) is 36.0 Å². The number of amides is 1. The van der Waals surface area contributed by atoms with Crippen molar-refractivity contribution in [1.82, 2.24) is 15.5 Å². The Balaban J connectivity index is 1.60. The van der Waals surface area contributed by atoms with E-state index in [0.29, 0.717) is 18.0 Å². The van der Waals surface area contributed by atoms with Crippen molar-refractivity contribution in [1.29, 1.82) is 0 Å². The van der Waals surface area contributed by atoms with E-state index in [9.17, 15) is 9.90 Å². The minimum Gasteiger partial charge on any atom is -0.409 e. The Kier molecular flexibility index (Phi) is 4.88. The molecule has 1 aliphatic rings. The lowest BCUT2D eigenvalue weighted by atomic mass is 9.86. The zero-order valence-electron chi connectivity index (χ0n) is 12.6. The van der Waals surface area contributed by atoms with Crippen LogP contribution in [-0.4, -0.2) is 33.9 Å². The second-order valence-corrected chi connectivity index (χ2v) is 6.19. The monoisotopic (exact) mass is 333 g/mol. The molecule has 0 aliphatic heterocycles. The molecule has 0 unspecified atom stereocenters. The Morgan fingerprint density at radius 2 is 2.09 bits per heavy atom. The summed E-state index contributed by atoms with van der Waals surface area (Å²) in [6, 6.07) is 6.96. The number of aromatic amines is 1. The first kappa shape index (κ1) is 15.9. The summed E-state index contributed by atoms with van der Waals surface area (Å²) in [5, 5.41) is 19.3. The second-order valence-electron chi connectivity index (χ2n) is 5.82. The van der Waals surface area contributed by atoms with Crippen LogP contribution in [0.4, 0.5) is 0 Å². The third-order valence-electron chi connectivity index (χ3n) is 4.23. The number of aliphatic hydroxyl groups is 1. The highest BCUT2D eigenvalue weighted by atomic mass is 32.1. The first-order chi connectivity index (χ1) is 11.1. The van der Waals surface area contributed by atoms with Gasteiger partial charge in [0.15, 0.2) is 0 Å². The van der Waals surface area contributed by atoms with Crippen molar-refractivity contribution in [3.8, 4) is 11.5 Å². The Hall–Kier alpha value is -1.99. The predicted molar refractivity (Wildman–Crippen MR) is 87.4 cm³/mol. The topological polar surface area (TPSA) is 91.1 Å². The van der Waals surface area contributed by atoms with E-state index in [1.54, 1.807) is 24.3 Å². The minimum absolute atomic E-state index is 0.141. The lowest BCUT2D eigenvalue weighted by molar-refractivity contribution is 0.0663. The fraction of sp³-hybridized carbons (Fsp3) is 0.438. The van der Waals surface area contributed by atoms with E-state index in [-0.39, 0.29) is 22.8 Å². The molecule has 1 aromatic heterocycles. The van der Waals surface area contributed by atoms with Crippen LogP contribution in [0.25, 0.3) is 11.5 Å². The van der Waals surface area contributed by atoms with Gasteiger partial charge in [-0.25, -0.2) is 5.10 Å². The third-order valence-corrected chi connectivity index (χ3v) is 4.40. The smallest absolute Gasteiger partial charge is 0.284 e. The van der Waals surface area contributed by atoms with Crippen molar-refractivity contribution in [2.45, 2.75) is 31.8 Å². The summed E-state index contributed by atoms with van der Waals surface area (Å²) in [6.07, 6.45) is 3.67. The lowest BCUT2D eigenvalue weighted by Gasteiger charge is -2.27. The molecule has 1 fully saturated rings. The quantitative estimate of drug-likeness (QED) is 0.748. The first-order valence-corrected chi connectivity index (χ1v) is 8.16. The highest BCUT2D eigenvalue weighted by molar-refractivity contribution is 7.71. The van der Waals surface area contributed by atoms with Gasteiger partial charge >= 0.3 is 0 Å². The number of aromatic nitrogens is 2. The molecule has 0 radical (unpaired) electrons. The number of carbonyl (C=O) groups is 1. The molecule has 1 aromatic carbocycles. The molecule has 0 saturated heterocycles. The van der Waals surface area contributed by atoms with E-state index in [2.05, 4.69) is 15.5 Å². The maximum absolute atomic E-state index is 12.2. The van der Waals surface area contributed by atoms with Gasteiger partial charge in [-0.3, -0.25) is 4.79 Å². The number of hydrogen-bond acceptors (Lipinski definition) is 5. The summed E-state index contributed by atoms with van der Waals surface area (Å²) in [6.45, 7) is 0.510. The van der Waals surface area contributed by atoms with Gasteiger partial charge in [-0.2, -0.15) is 0 Å². The molecule has 1 heterocycles. The van der Waals surface area contributed by atoms with Crippen molar-refractivity contribution in [2.24, 2.45) is 5.92 Å². The molecule has 23 heavy (non-hydrogen) atoms. The number of nitrogens with zero attached hydrogens (tertiary/aromatic N) is 1. The van der Waals surface area contributed by atoms with Crippen molar-refractivity contribution in [2.75, 3.05) is 6.54 Å². The van der Waals surface area contributed by atoms with Gasteiger partial charge in [0.1, 0.15) is 0 Å². The Morgan fingerprint density at radius 3 is 2.74 bits per heavy atom. The van der Waals surface area contributed by atoms with Crippen molar-refractivity contribution < 1.29 is 14.3 Å². The van der Waals surface area contributed by atoms with E-state index in [1.165, 1.54) is 0 Å². The standard InChI is InChI=1S/C16H19N3O3S/c20-13-4-2-1-3-12(13)9-17-14(21)10-5-7-11(8-6-10)15-18-19-16(23)22-15/h5-8,12-13,20H,1-4,9H2,(H,17,21)(H,19,23)/t12-,13-/m0/s1. The zero-order chi connectivity index (χ0) is 16.2. The summed E-state index contributed by atoms with van der Waals surface area (Å²) in [4.78, 5) is 12.4. The van der Waals surface area contributed by atoms with Crippen LogP contribution in [0.5, 0.6) is 0 Å². The van der Waals surface area contributed by atoms with Crippen LogP contribution < -0.4 is 5.32 Å². The summed E-state index contributed by atoms with van der Waals surface area (Å²) < 4.78 is 5.23. The Bertz CT molecular complexity index is 723.